The molecule has 0 fully saturated rings. The Hall–Kier alpha value is -0.790. The molecule has 0 aliphatic carbocycles. The molecule has 0 aliphatic heterocycles. The van der Waals surface area contributed by atoms with Gasteiger partial charge in [-0.2, -0.15) is 0 Å². The Kier molecular flexibility index (Phi) is 5.23. The van der Waals surface area contributed by atoms with Crippen LogP contribution in [0.4, 0.5) is 8.78 Å². The van der Waals surface area contributed by atoms with E-state index in [9.17, 15) is 13.6 Å². The van der Waals surface area contributed by atoms with Crippen LogP contribution >= 0.6 is 22.6 Å². The number of alkyl halides is 2. The summed E-state index contributed by atoms with van der Waals surface area (Å²) in [6.45, 7) is 3.67. The zero-order valence-corrected chi connectivity index (χ0v) is 11.6. The zero-order chi connectivity index (χ0) is 13.0. The fourth-order valence-corrected chi connectivity index (χ4v) is 1.86. The number of hydrogen-bond acceptors (Lipinski definition) is 3. The van der Waals surface area contributed by atoms with Crippen molar-refractivity contribution in [2.75, 3.05) is 6.61 Å². The van der Waals surface area contributed by atoms with Crippen LogP contribution in [0.5, 0.6) is 0 Å². The van der Waals surface area contributed by atoms with E-state index >= 15 is 0 Å². The summed E-state index contributed by atoms with van der Waals surface area (Å²) in [5.41, 5.74) is 0.733. The Morgan fingerprint density at radius 2 is 2.24 bits per heavy atom. The molecule has 0 unspecified atom stereocenters. The van der Waals surface area contributed by atoms with Crippen molar-refractivity contribution in [1.29, 1.82) is 0 Å². The third kappa shape index (κ3) is 3.86. The van der Waals surface area contributed by atoms with Crippen LogP contribution in [-0.2, 0) is 16.0 Å². The molecular weight excluding hydrogens is 343 g/mol. The monoisotopic (exact) mass is 355 g/mol. The maximum absolute atomic E-state index is 12.7. The Morgan fingerprint density at radius 1 is 1.59 bits per heavy atom. The maximum atomic E-state index is 12.7. The van der Waals surface area contributed by atoms with Crippen LogP contribution in [0.3, 0.4) is 0 Å². The lowest BCUT2D eigenvalue weighted by atomic mass is 10.2. The fourth-order valence-electron chi connectivity index (χ4n) is 1.35. The topological polar surface area (TPSA) is 39.2 Å². The summed E-state index contributed by atoms with van der Waals surface area (Å²) in [7, 11) is 0. The smallest absolute Gasteiger partial charge is 0.311 e. The second kappa shape index (κ2) is 6.23. The molecule has 0 atom stereocenters. The van der Waals surface area contributed by atoms with E-state index in [1.807, 2.05) is 22.6 Å². The Bertz CT molecular complexity index is 424. The molecule has 0 aliphatic rings. The highest BCUT2D eigenvalue weighted by Crippen LogP contribution is 2.25. The van der Waals surface area contributed by atoms with Gasteiger partial charge in [0.1, 0.15) is 5.69 Å². The summed E-state index contributed by atoms with van der Waals surface area (Å²) in [4.78, 5) is 15.0. The number of pyridine rings is 1. The van der Waals surface area contributed by atoms with Crippen LogP contribution < -0.4 is 0 Å². The minimum absolute atomic E-state index is 0.0781. The second-order valence-electron chi connectivity index (χ2n) is 3.41. The molecule has 6 heteroatoms. The van der Waals surface area contributed by atoms with Crippen LogP contribution in [0, 0.1) is 10.5 Å². The molecule has 17 heavy (non-hydrogen) atoms. The largest absolute Gasteiger partial charge is 0.466 e. The average molecular weight is 355 g/mol. The summed E-state index contributed by atoms with van der Waals surface area (Å²) >= 11 is 1.83. The average Bonchev–Trinajstić information content (AvgIpc) is 2.23. The van der Waals surface area contributed by atoms with Crippen molar-refractivity contribution in [3.63, 3.8) is 0 Å². The normalized spacial score (nSPS) is 10.7. The van der Waals surface area contributed by atoms with Gasteiger partial charge in [-0.25, -0.2) is 8.78 Å². The first-order chi connectivity index (χ1) is 7.95. The van der Waals surface area contributed by atoms with Crippen LogP contribution in [0.15, 0.2) is 6.07 Å². The lowest BCUT2D eigenvalue weighted by Crippen LogP contribution is -2.11. The molecule has 1 rings (SSSR count). The minimum Gasteiger partial charge on any atom is -0.466 e. The van der Waals surface area contributed by atoms with Crippen LogP contribution in [-0.4, -0.2) is 17.6 Å². The van der Waals surface area contributed by atoms with Gasteiger partial charge in [-0.3, -0.25) is 9.78 Å². The molecule has 1 heterocycles. The van der Waals surface area contributed by atoms with Gasteiger partial charge in [-0.1, -0.05) is 0 Å². The summed E-state index contributed by atoms with van der Waals surface area (Å²) in [5.74, 6) is -0.458. The first-order valence-electron chi connectivity index (χ1n) is 5.05. The molecule has 1 aromatic rings. The number of esters is 1. The van der Waals surface area contributed by atoms with Crippen molar-refractivity contribution in [2.45, 2.75) is 26.7 Å². The molecule has 0 amide bonds. The molecule has 0 saturated heterocycles. The molecule has 94 valence electrons. The standard InChI is InChI=1S/C11H12F2INO2/c1-3-17-8(16)5-7-4-6(2)9(14)10(15-7)11(12)13/h4,11H,3,5H2,1-2H3. The molecule has 3 nitrogen and oxygen atoms in total. The van der Waals surface area contributed by atoms with E-state index in [-0.39, 0.29) is 18.7 Å². The van der Waals surface area contributed by atoms with Gasteiger partial charge in [0, 0.05) is 3.57 Å². The Morgan fingerprint density at radius 3 is 2.76 bits per heavy atom. The molecule has 0 aromatic carbocycles. The van der Waals surface area contributed by atoms with Crippen molar-refractivity contribution < 1.29 is 18.3 Å². The molecule has 1 aromatic heterocycles. The van der Waals surface area contributed by atoms with Gasteiger partial charge in [-0.05, 0) is 48.1 Å². The second-order valence-corrected chi connectivity index (χ2v) is 4.49. The highest BCUT2D eigenvalue weighted by molar-refractivity contribution is 14.1. The van der Waals surface area contributed by atoms with E-state index < -0.39 is 12.4 Å². The van der Waals surface area contributed by atoms with Gasteiger partial charge >= 0.3 is 5.97 Å². The molecule has 0 N–H and O–H groups in total. The Balaban J connectivity index is 2.98. The van der Waals surface area contributed by atoms with Crippen molar-refractivity contribution in [2.24, 2.45) is 0 Å². The zero-order valence-electron chi connectivity index (χ0n) is 9.47. The number of ether oxygens (including phenoxy) is 1. The molecule has 0 radical (unpaired) electrons. The summed E-state index contributed by atoms with van der Waals surface area (Å²) in [5, 5.41) is 0. The van der Waals surface area contributed by atoms with E-state index in [1.54, 1.807) is 19.9 Å². The highest BCUT2D eigenvalue weighted by atomic mass is 127. The predicted octanol–water partition coefficient (Wildman–Crippen LogP) is 3.04. The molecule has 0 spiro atoms. The van der Waals surface area contributed by atoms with Gasteiger partial charge in [0.15, 0.2) is 0 Å². The van der Waals surface area contributed by atoms with E-state index in [2.05, 4.69) is 4.98 Å². The van der Waals surface area contributed by atoms with Crippen LogP contribution in [0.1, 0.15) is 30.3 Å². The number of aromatic nitrogens is 1. The predicted molar refractivity (Wildman–Crippen MR) is 67.0 cm³/mol. The lowest BCUT2D eigenvalue weighted by molar-refractivity contribution is -0.142. The summed E-state index contributed by atoms with van der Waals surface area (Å²) < 4.78 is 30.6. The van der Waals surface area contributed by atoms with Crippen molar-refractivity contribution in [3.8, 4) is 0 Å². The number of carbonyl (C=O) groups is 1. The molecule has 0 saturated carbocycles. The van der Waals surface area contributed by atoms with Gasteiger partial charge in [-0.15, -0.1) is 0 Å². The van der Waals surface area contributed by atoms with Gasteiger partial charge in [0.2, 0.25) is 0 Å². The lowest BCUT2D eigenvalue weighted by Gasteiger charge is -2.09. The van der Waals surface area contributed by atoms with Gasteiger partial charge in [0.05, 0.1) is 18.7 Å². The number of aryl methyl sites for hydroxylation is 1. The quantitative estimate of drug-likeness (QED) is 0.616. The van der Waals surface area contributed by atoms with Crippen molar-refractivity contribution in [1.82, 2.24) is 4.98 Å². The number of carbonyl (C=O) groups excluding carboxylic acids is 1. The van der Waals surface area contributed by atoms with Gasteiger partial charge in [0.25, 0.3) is 6.43 Å². The maximum Gasteiger partial charge on any atom is 0.311 e. The van der Waals surface area contributed by atoms with Crippen molar-refractivity contribution >= 4 is 28.6 Å². The number of rotatable bonds is 4. The molecule has 0 bridgehead atoms. The van der Waals surface area contributed by atoms with Crippen LogP contribution in [0.25, 0.3) is 0 Å². The summed E-state index contributed by atoms with van der Waals surface area (Å²) in [6.07, 6.45) is -2.71. The van der Waals surface area contributed by atoms with E-state index in [4.69, 9.17) is 4.74 Å². The van der Waals surface area contributed by atoms with E-state index in [0.29, 0.717) is 14.8 Å². The number of hydrogen-bond donors (Lipinski definition) is 0. The first kappa shape index (κ1) is 14.3. The third-order valence-corrected chi connectivity index (χ3v) is 3.46. The SMILES string of the molecule is CCOC(=O)Cc1cc(C)c(I)c(C(F)F)n1. The third-order valence-electron chi connectivity index (χ3n) is 2.06. The van der Waals surface area contributed by atoms with Crippen molar-refractivity contribution in [3.05, 3.63) is 26.6 Å². The van der Waals surface area contributed by atoms with E-state index in [1.165, 1.54) is 0 Å². The fraction of sp³-hybridized carbons (Fsp3) is 0.455. The highest BCUT2D eigenvalue weighted by Gasteiger charge is 2.17. The molecular formula is C11H12F2INO2. The number of nitrogens with zero attached hydrogens (tertiary/aromatic N) is 1. The van der Waals surface area contributed by atoms with E-state index in [0.717, 1.165) is 0 Å². The van der Waals surface area contributed by atoms with Gasteiger partial charge < -0.3 is 4.74 Å². The number of halogens is 3. The minimum atomic E-state index is -2.64. The first-order valence-corrected chi connectivity index (χ1v) is 6.13. The summed E-state index contributed by atoms with van der Waals surface area (Å²) in [6, 6.07) is 1.63. The Labute approximate surface area is 112 Å². The van der Waals surface area contributed by atoms with Crippen LogP contribution in [0.2, 0.25) is 0 Å².